The molecule has 20 heavy (non-hydrogen) atoms. The number of hydrogen-bond acceptors (Lipinski definition) is 3. The van der Waals surface area contributed by atoms with Gasteiger partial charge in [0.2, 0.25) is 0 Å². The largest absolute Gasteiger partial charge is 0.463 e. The Morgan fingerprint density at radius 1 is 1.25 bits per heavy atom. The van der Waals surface area contributed by atoms with E-state index in [0.29, 0.717) is 11.8 Å². The number of aliphatic hydroxyl groups is 1. The summed E-state index contributed by atoms with van der Waals surface area (Å²) in [6.07, 6.45) is 5.39. The van der Waals surface area contributed by atoms with Gasteiger partial charge < -0.3 is 9.84 Å². The van der Waals surface area contributed by atoms with Crippen molar-refractivity contribution in [1.29, 1.82) is 0 Å². The fraction of sp³-hybridized carbons (Fsp3) is 0.941. The van der Waals surface area contributed by atoms with Crippen LogP contribution >= 0.6 is 0 Å². The second-order valence-electron chi connectivity index (χ2n) is 6.86. The van der Waals surface area contributed by atoms with Crippen LogP contribution in [0.3, 0.4) is 0 Å². The van der Waals surface area contributed by atoms with Crippen molar-refractivity contribution < 1.29 is 14.6 Å². The van der Waals surface area contributed by atoms with Crippen molar-refractivity contribution in [1.82, 2.24) is 0 Å². The zero-order chi connectivity index (χ0) is 15.8. The van der Waals surface area contributed by atoms with E-state index in [4.69, 9.17) is 4.74 Å². The molecule has 0 aliphatic rings. The van der Waals surface area contributed by atoms with Crippen LogP contribution in [0.1, 0.15) is 73.6 Å². The molecule has 0 saturated carbocycles. The SMILES string of the molecule is CCCC([C@H](C)CO)C(C)(C)CCCC(C)OC(C)=O. The van der Waals surface area contributed by atoms with E-state index in [-0.39, 0.29) is 24.1 Å². The molecule has 0 aromatic heterocycles. The standard InChI is InChI=1S/C17H34O3/c1-7-9-16(13(2)12-18)17(5,6)11-8-10-14(3)20-15(4)19/h13-14,16,18H,7-12H2,1-6H3/t13-,14?,16?/m1/s1. The predicted molar refractivity (Wildman–Crippen MR) is 83.5 cm³/mol. The first kappa shape index (κ1) is 19.4. The Kier molecular flexibility index (Phi) is 9.11. The maximum Gasteiger partial charge on any atom is 0.302 e. The molecule has 0 amide bonds. The summed E-state index contributed by atoms with van der Waals surface area (Å²) in [5.74, 6) is 0.687. The molecule has 0 radical (unpaired) electrons. The average molecular weight is 286 g/mol. The van der Waals surface area contributed by atoms with Crippen molar-refractivity contribution in [2.24, 2.45) is 17.3 Å². The van der Waals surface area contributed by atoms with Crippen molar-refractivity contribution >= 4 is 5.97 Å². The molecule has 3 nitrogen and oxygen atoms in total. The Bertz CT molecular complexity index is 273. The summed E-state index contributed by atoms with van der Waals surface area (Å²) >= 11 is 0. The number of ether oxygens (including phenoxy) is 1. The molecule has 0 bridgehead atoms. The fourth-order valence-electron chi connectivity index (χ4n) is 3.26. The number of carbonyl (C=O) groups excluding carboxylic acids is 1. The molecule has 2 unspecified atom stereocenters. The number of carbonyl (C=O) groups is 1. The molecule has 0 saturated heterocycles. The van der Waals surface area contributed by atoms with Gasteiger partial charge >= 0.3 is 5.97 Å². The van der Waals surface area contributed by atoms with Gasteiger partial charge in [-0.3, -0.25) is 4.79 Å². The summed E-state index contributed by atoms with van der Waals surface area (Å²) in [4.78, 5) is 10.9. The van der Waals surface area contributed by atoms with Crippen molar-refractivity contribution in [2.45, 2.75) is 79.8 Å². The normalized spacial score (nSPS) is 16.6. The minimum atomic E-state index is -0.200. The lowest BCUT2D eigenvalue weighted by Crippen LogP contribution is -2.31. The Hall–Kier alpha value is -0.570. The second kappa shape index (κ2) is 9.38. The lowest BCUT2D eigenvalue weighted by atomic mass is 9.68. The summed E-state index contributed by atoms with van der Waals surface area (Å²) in [6.45, 7) is 12.6. The first-order valence-electron chi connectivity index (χ1n) is 8.02. The van der Waals surface area contributed by atoms with Gasteiger partial charge in [0.15, 0.2) is 0 Å². The first-order chi connectivity index (χ1) is 9.24. The van der Waals surface area contributed by atoms with Gasteiger partial charge in [-0.25, -0.2) is 0 Å². The van der Waals surface area contributed by atoms with Crippen molar-refractivity contribution in [3.8, 4) is 0 Å². The molecule has 1 N–H and O–H groups in total. The Morgan fingerprint density at radius 2 is 1.85 bits per heavy atom. The van der Waals surface area contributed by atoms with Crippen molar-refractivity contribution in [3.63, 3.8) is 0 Å². The summed E-state index contributed by atoms with van der Waals surface area (Å²) in [5, 5.41) is 9.45. The minimum Gasteiger partial charge on any atom is -0.463 e. The molecule has 3 heteroatoms. The van der Waals surface area contributed by atoms with Gasteiger partial charge in [-0.05, 0) is 49.9 Å². The maximum atomic E-state index is 10.9. The Morgan fingerprint density at radius 3 is 2.30 bits per heavy atom. The van der Waals surface area contributed by atoms with Crippen molar-refractivity contribution in [2.75, 3.05) is 6.61 Å². The number of esters is 1. The molecular formula is C17H34O3. The fourth-order valence-corrected chi connectivity index (χ4v) is 3.26. The quantitative estimate of drug-likeness (QED) is 0.613. The summed E-state index contributed by atoms with van der Waals surface area (Å²) in [7, 11) is 0. The molecule has 120 valence electrons. The number of hydrogen-bond donors (Lipinski definition) is 1. The molecule has 0 aliphatic carbocycles. The Balaban J connectivity index is 4.35. The van der Waals surface area contributed by atoms with Crippen LogP contribution in [-0.2, 0) is 9.53 Å². The van der Waals surface area contributed by atoms with E-state index >= 15 is 0 Å². The molecule has 0 fully saturated rings. The van der Waals surface area contributed by atoms with Gasteiger partial charge in [-0.1, -0.05) is 34.1 Å². The van der Waals surface area contributed by atoms with Crippen LogP contribution in [0.2, 0.25) is 0 Å². The highest BCUT2D eigenvalue weighted by Gasteiger charge is 2.32. The lowest BCUT2D eigenvalue weighted by Gasteiger charge is -2.38. The van der Waals surface area contributed by atoms with Gasteiger partial charge in [0, 0.05) is 13.5 Å². The third-order valence-electron chi connectivity index (χ3n) is 4.38. The molecule has 0 spiro atoms. The maximum absolute atomic E-state index is 10.9. The molecule has 0 rings (SSSR count). The highest BCUT2D eigenvalue weighted by atomic mass is 16.5. The number of aliphatic hydroxyl groups excluding tert-OH is 1. The highest BCUT2D eigenvalue weighted by Crippen LogP contribution is 2.40. The van der Waals surface area contributed by atoms with E-state index in [1.807, 2.05) is 6.92 Å². The van der Waals surface area contributed by atoms with Crippen molar-refractivity contribution in [3.05, 3.63) is 0 Å². The van der Waals surface area contributed by atoms with E-state index < -0.39 is 0 Å². The minimum absolute atomic E-state index is 0.00295. The monoisotopic (exact) mass is 286 g/mol. The second-order valence-corrected chi connectivity index (χ2v) is 6.86. The predicted octanol–water partition coefficient (Wildman–Crippen LogP) is 4.18. The third-order valence-corrected chi connectivity index (χ3v) is 4.38. The number of rotatable bonds is 10. The van der Waals surface area contributed by atoms with Crippen LogP contribution in [0.15, 0.2) is 0 Å². The average Bonchev–Trinajstić information content (AvgIpc) is 2.33. The van der Waals surface area contributed by atoms with Gasteiger partial charge in [-0.2, -0.15) is 0 Å². The van der Waals surface area contributed by atoms with E-state index in [9.17, 15) is 9.90 Å². The van der Waals surface area contributed by atoms with Crippen LogP contribution in [0, 0.1) is 17.3 Å². The Labute approximate surface area is 125 Å². The van der Waals surface area contributed by atoms with Gasteiger partial charge in [-0.15, -0.1) is 0 Å². The first-order valence-corrected chi connectivity index (χ1v) is 8.02. The van der Waals surface area contributed by atoms with Crippen LogP contribution in [0.25, 0.3) is 0 Å². The summed E-state index contributed by atoms with van der Waals surface area (Å²) in [5.41, 5.74) is 0.216. The molecule has 3 atom stereocenters. The van der Waals surface area contributed by atoms with Gasteiger partial charge in [0.1, 0.15) is 0 Å². The smallest absolute Gasteiger partial charge is 0.302 e. The summed E-state index contributed by atoms with van der Waals surface area (Å²) < 4.78 is 5.16. The molecule has 0 heterocycles. The third kappa shape index (κ3) is 7.28. The zero-order valence-electron chi connectivity index (χ0n) is 14.2. The van der Waals surface area contributed by atoms with Gasteiger partial charge in [0.25, 0.3) is 0 Å². The molecule has 0 aromatic carbocycles. The van der Waals surface area contributed by atoms with Crippen LogP contribution in [0.5, 0.6) is 0 Å². The van der Waals surface area contributed by atoms with E-state index in [0.717, 1.165) is 32.1 Å². The molecule has 0 aromatic rings. The molecule has 0 aliphatic heterocycles. The van der Waals surface area contributed by atoms with Crippen LogP contribution in [-0.4, -0.2) is 23.8 Å². The summed E-state index contributed by atoms with van der Waals surface area (Å²) in [6, 6.07) is 0. The van der Waals surface area contributed by atoms with E-state index in [2.05, 4.69) is 27.7 Å². The van der Waals surface area contributed by atoms with E-state index in [1.165, 1.54) is 6.92 Å². The van der Waals surface area contributed by atoms with Crippen LogP contribution < -0.4 is 0 Å². The van der Waals surface area contributed by atoms with E-state index in [1.54, 1.807) is 0 Å². The van der Waals surface area contributed by atoms with Crippen LogP contribution in [0.4, 0.5) is 0 Å². The lowest BCUT2D eigenvalue weighted by molar-refractivity contribution is -0.145. The topological polar surface area (TPSA) is 46.5 Å². The zero-order valence-corrected chi connectivity index (χ0v) is 14.2. The van der Waals surface area contributed by atoms with Gasteiger partial charge in [0.05, 0.1) is 6.10 Å². The highest BCUT2D eigenvalue weighted by molar-refractivity contribution is 5.66. The molecular weight excluding hydrogens is 252 g/mol.